The molecule has 69 heavy (non-hydrogen) atoms. The molecule has 2 saturated heterocycles. The van der Waals surface area contributed by atoms with Crippen LogP contribution in [0.25, 0.3) is 0 Å². The molecule has 0 atom stereocenters. The first-order valence-electron chi connectivity index (χ1n) is 21.6. The van der Waals surface area contributed by atoms with Gasteiger partial charge >= 0.3 is 54.5 Å². The number of nitro groups is 2. The first-order valence-corrected chi connectivity index (χ1v) is 23.2. The van der Waals surface area contributed by atoms with Crippen LogP contribution in [0.2, 0.25) is 15.7 Å². The molecule has 2 aliphatic heterocycles. The Morgan fingerprint density at radius 3 is 1.68 bits per heavy atom. The fraction of sp³-hybridized carbons (Fsp3) is 0.476. The summed E-state index contributed by atoms with van der Waals surface area (Å²) >= 11 is 20.2. The molecule has 0 bridgehead atoms. The normalized spacial score (nSPS) is 12.9. The van der Waals surface area contributed by atoms with Gasteiger partial charge in [-0.15, -0.1) is 0 Å². The Labute approximate surface area is 423 Å². The molecule has 2 radical (unpaired) electrons. The van der Waals surface area contributed by atoms with Gasteiger partial charge in [-0.25, -0.2) is 0 Å². The number of nitrogens with zero attached hydrogens (tertiary/aromatic N) is 9. The van der Waals surface area contributed by atoms with E-state index < -0.39 is 27.2 Å². The number of hydrogen-bond acceptors (Lipinski definition) is 20. The number of anilines is 3. The molecular weight excluding hydrogens is 977 g/mol. The number of nitrogens with two attached hydrogens (primary N) is 2. The summed E-state index contributed by atoms with van der Waals surface area (Å²) in [5.74, 6) is -1.23. The van der Waals surface area contributed by atoms with E-state index in [1.165, 1.54) is 49.9 Å². The van der Waals surface area contributed by atoms with Crippen molar-refractivity contribution in [2.75, 3.05) is 68.8 Å². The van der Waals surface area contributed by atoms with Crippen LogP contribution in [0.1, 0.15) is 74.6 Å². The van der Waals surface area contributed by atoms with E-state index in [2.05, 4.69) is 97.9 Å². The van der Waals surface area contributed by atoms with Crippen LogP contribution in [0.5, 0.6) is 0 Å². The van der Waals surface area contributed by atoms with Crippen LogP contribution >= 0.6 is 46.9 Å². The van der Waals surface area contributed by atoms with E-state index in [0.29, 0.717) is 19.6 Å². The molecular formula is C42H55B2Cl3N12O9S. The Kier molecular flexibility index (Phi) is 28.8. The fourth-order valence-electron chi connectivity index (χ4n) is 7.07. The van der Waals surface area contributed by atoms with Gasteiger partial charge in [-0.1, -0.05) is 60.1 Å². The number of nitrogens with one attached hydrogen (secondary N) is 1. The van der Waals surface area contributed by atoms with Crippen LogP contribution in [-0.2, 0) is 49.9 Å². The number of esters is 2. The summed E-state index contributed by atoms with van der Waals surface area (Å²) in [5, 5.41) is 24.5. The first-order chi connectivity index (χ1) is 33.2. The van der Waals surface area contributed by atoms with Gasteiger partial charge in [0.1, 0.15) is 0 Å². The van der Waals surface area contributed by atoms with Gasteiger partial charge in [-0.2, -0.15) is 19.9 Å². The summed E-state index contributed by atoms with van der Waals surface area (Å²) in [7, 11) is 3.25. The summed E-state index contributed by atoms with van der Waals surface area (Å²) < 4.78 is 17.7. The molecule has 0 spiro atoms. The van der Waals surface area contributed by atoms with Gasteiger partial charge in [0.25, 0.3) is 0 Å². The van der Waals surface area contributed by atoms with Gasteiger partial charge in [-0.05, 0) is 111 Å². The van der Waals surface area contributed by atoms with E-state index in [1.807, 2.05) is 19.1 Å². The molecule has 370 valence electrons. The van der Waals surface area contributed by atoms with Gasteiger partial charge < -0.3 is 31.2 Å². The number of carbonyl (C=O) groups is 2. The third-order valence-electron chi connectivity index (χ3n) is 9.97. The summed E-state index contributed by atoms with van der Waals surface area (Å²) in [6.45, 7) is 16.7. The van der Waals surface area contributed by atoms with Crippen LogP contribution < -0.4 is 21.7 Å². The van der Waals surface area contributed by atoms with Crippen molar-refractivity contribution in [2.45, 2.75) is 78.6 Å². The van der Waals surface area contributed by atoms with Gasteiger partial charge in [0, 0.05) is 39.3 Å². The number of benzene rings is 2. The van der Waals surface area contributed by atoms with Crippen molar-refractivity contribution < 1.29 is 33.6 Å². The van der Waals surface area contributed by atoms with Crippen molar-refractivity contribution >= 4 is 102 Å². The molecule has 0 saturated carbocycles. The Morgan fingerprint density at radius 2 is 1.19 bits per heavy atom. The van der Waals surface area contributed by atoms with E-state index in [-0.39, 0.29) is 65.3 Å². The van der Waals surface area contributed by atoms with E-state index >= 15 is 0 Å². The maximum atomic E-state index is 12.0. The predicted molar refractivity (Wildman–Crippen MR) is 268 cm³/mol. The first kappa shape index (κ1) is 59.8. The monoisotopic (exact) mass is 1030 g/mol. The summed E-state index contributed by atoms with van der Waals surface area (Å²) in [5.41, 5.74) is 14.7. The van der Waals surface area contributed by atoms with E-state index in [1.54, 1.807) is 11.8 Å². The molecule has 21 nitrogen and oxygen atoms in total. The van der Waals surface area contributed by atoms with Crippen molar-refractivity contribution in [3.8, 4) is 0 Å². The Morgan fingerprint density at radius 1 is 0.739 bits per heavy atom. The number of rotatable bonds is 19. The Hall–Kier alpha value is -5.36. The number of hydrogen-bond donors (Lipinski definition) is 3. The summed E-state index contributed by atoms with van der Waals surface area (Å²) in [6.07, 6.45) is 5.54. The standard InChI is InChI=1S/C21H27ClN6O4.C17H26N2O2.C4H2Cl2N4O2.BO.BS/c1-2-32-17(29)8-11-27(20-18(28(30)31)19(23)24-21(22)25-20)14-16-7-5-6-15(12-16)13-26-9-3-4-10-26;1-2-21-17(20)8-9-18-13-15-6-5-7-16(12-15)14-19-10-3-4-11-19;5-2-1(10(11)12)3(7)9-4(6)8-2;2*1-2/h5-7,12H,2-4,8-11,13-14H2,1H3,(H2,23,24,25);5-7,12,18H,2-4,8-11,13-14H2,1H3;(H2,7,8,9);;. The number of likely N-dealkylation sites (tertiary alicyclic amines) is 2. The van der Waals surface area contributed by atoms with Crippen LogP contribution in [0.3, 0.4) is 0 Å². The molecule has 2 aromatic heterocycles. The van der Waals surface area contributed by atoms with Crippen molar-refractivity contribution in [2.24, 2.45) is 0 Å². The SMILES string of the molecule is CCOC(=O)CCN(Cc1cccc(CN2CCCC2)c1)c1nc(Cl)nc(N)c1[N+](=O)[O-].CCOC(=O)CCNCc1cccc(CN2CCCC2)c1.Nc1nc(Cl)nc(Cl)c1[N+](=O)[O-].[B]=O.[B]=S. The molecule has 0 amide bonds. The van der Waals surface area contributed by atoms with Gasteiger partial charge in [0.05, 0.1) is 35.9 Å². The quantitative estimate of drug-likeness (QED) is 0.0171. The molecule has 6 rings (SSSR count). The molecule has 5 N–H and O–H groups in total. The number of carbonyl (C=O) groups excluding carboxylic acids is 2. The number of nitrogen functional groups attached to an aromatic ring is 2. The number of ether oxygens (including phenoxy) is 2. The average Bonchev–Trinajstić information content (AvgIpc) is 4.03. The second kappa shape index (κ2) is 33.2. The summed E-state index contributed by atoms with van der Waals surface area (Å²) in [6, 6.07) is 16.7. The Bertz CT molecular complexity index is 2250. The molecule has 27 heteroatoms. The van der Waals surface area contributed by atoms with E-state index in [4.69, 9.17) is 60.4 Å². The van der Waals surface area contributed by atoms with Crippen molar-refractivity contribution in [1.29, 1.82) is 0 Å². The minimum absolute atomic E-state index is 0.0262. The number of halogens is 3. The molecule has 0 unspecified atom stereocenters. The van der Waals surface area contributed by atoms with E-state index in [9.17, 15) is 29.8 Å². The molecule has 2 aliphatic rings. The molecule has 4 heterocycles. The Balaban J connectivity index is 0.000000377. The van der Waals surface area contributed by atoms with E-state index in [0.717, 1.165) is 43.9 Å². The molecule has 2 fully saturated rings. The average molecular weight is 1030 g/mol. The second-order valence-corrected chi connectivity index (χ2v) is 15.9. The van der Waals surface area contributed by atoms with Gasteiger partial charge in [-0.3, -0.25) is 39.6 Å². The van der Waals surface area contributed by atoms with Crippen LogP contribution in [0.15, 0.2) is 48.5 Å². The zero-order valence-corrected chi connectivity index (χ0v) is 41.5. The van der Waals surface area contributed by atoms with Crippen LogP contribution in [-0.4, -0.2) is 118 Å². The van der Waals surface area contributed by atoms with Crippen molar-refractivity contribution in [3.05, 3.63) is 107 Å². The van der Waals surface area contributed by atoms with Crippen molar-refractivity contribution in [1.82, 2.24) is 35.1 Å². The zero-order valence-electron chi connectivity index (χ0n) is 38.4. The van der Waals surface area contributed by atoms with Crippen LogP contribution in [0, 0.1) is 20.2 Å². The topological polar surface area (TPSA) is 281 Å². The third kappa shape index (κ3) is 21.9. The molecule has 2 aromatic carbocycles. The minimum atomic E-state index is -0.770. The fourth-order valence-corrected chi connectivity index (χ4v) is 7.71. The summed E-state index contributed by atoms with van der Waals surface area (Å²) in [4.78, 5) is 64.8. The third-order valence-corrected chi connectivity index (χ3v) is 10.6. The second-order valence-electron chi connectivity index (χ2n) is 14.9. The molecule has 4 aromatic rings. The zero-order chi connectivity index (χ0) is 51.3. The molecule has 0 aliphatic carbocycles. The maximum absolute atomic E-state index is 12.0. The van der Waals surface area contributed by atoms with Crippen molar-refractivity contribution in [3.63, 3.8) is 0 Å². The van der Waals surface area contributed by atoms with Crippen LogP contribution in [0.4, 0.5) is 28.8 Å². The number of aromatic nitrogens is 4. The van der Waals surface area contributed by atoms with Gasteiger partial charge in [0.2, 0.25) is 33.2 Å². The van der Waals surface area contributed by atoms with Gasteiger partial charge in [0.15, 0.2) is 0 Å². The predicted octanol–water partition coefficient (Wildman–Crippen LogP) is 6.54.